The highest BCUT2D eigenvalue weighted by atomic mass is 16.3. The first-order valence-corrected chi connectivity index (χ1v) is 3.95. The van der Waals surface area contributed by atoms with Gasteiger partial charge < -0.3 is 9.67 Å². The van der Waals surface area contributed by atoms with E-state index in [-0.39, 0.29) is 5.56 Å². The molecule has 3 nitrogen and oxygen atoms in total. The molecule has 0 bridgehead atoms. The number of rotatable bonds is 2. The lowest BCUT2D eigenvalue weighted by molar-refractivity contribution is 0.172. The lowest BCUT2D eigenvalue weighted by Gasteiger charge is -2.07. The zero-order valence-electron chi connectivity index (χ0n) is 7.32. The highest BCUT2D eigenvalue weighted by Gasteiger charge is 1.99. The number of hydrogen-bond acceptors (Lipinski definition) is 2. The Morgan fingerprint density at radius 2 is 2.25 bits per heavy atom. The Hall–Kier alpha value is -1.09. The molecule has 0 amide bonds. The van der Waals surface area contributed by atoms with Gasteiger partial charge in [0.15, 0.2) is 0 Å². The van der Waals surface area contributed by atoms with Gasteiger partial charge in [0.25, 0.3) is 5.56 Å². The molecule has 1 atom stereocenters. The molecule has 1 N–H and O–H groups in total. The largest absolute Gasteiger partial charge is 0.392 e. The van der Waals surface area contributed by atoms with E-state index in [2.05, 4.69) is 0 Å². The highest BCUT2D eigenvalue weighted by Crippen LogP contribution is 1.93. The molecule has 0 radical (unpaired) electrons. The third-order valence-corrected chi connectivity index (χ3v) is 1.59. The number of aliphatic hydroxyl groups excluding tert-OH is 1. The summed E-state index contributed by atoms with van der Waals surface area (Å²) in [7, 11) is 0. The second-order valence-electron chi connectivity index (χ2n) is 3.05. The molecule has 1 aromatic rings. The van der Waals surface area contributed by atoms with E-state index in [1.54, 1.807) is 19.2 Å². The fourth-order valence-corrected chi connectivity index (χ4v) is 1.08. The summed E-state index contributed by atoms with van der Waals surface area (Å²) in [6.07, 6.45) is 1.26. The fourth-order valence-electron chi connectivity index (χ4n) is 1.08. The summed E-state index contributed by atoms with van der Waals surface area (Å²) in [4.78, 5) is 11.2. The van der Waals surface area contributed by atoms with Crippen LogP contribution in [-0.4, -0.2) is 15.8 Å². The normalized spacial score (nSPS) is 12.9. The van der Waals surface area contributed by atoms with Crippen LogP contribution in [0.4, 0.5) is 0 Å². The van der Waals surface area contributed by atoms with Crippen LogP contribution in [0.3, 0.4) is 0 Å². The van der Waals surface area contributed by atoms with Gasteiger partial charge in [-0.2, -0.15) is 0 Å². The average Bonchev–Trinajstić information content (AvgIpc) is 1.96. The third kappa shape index (κ3) is 2.20. The minimum absolute atomic E-state index is 0.0681. The first-order chi connectivity index (χ1) is 5.59. The quantitative estimate of drug-likeness (QED) is 0.698. The van der Waals surface area contributed by atoms with Crippen LogP contribution in [0.15, 0.2) is 23.1 Å². The molecule has 0 unspecified atom stereocenters. The number of aliphatic hydroxyl groups is 1. The molecule has 0 aliphatic rings. The molecule has 66 valence electrons. The predicted molar refractivity (Wildman–Crippen MR) is 47.1 cm³/mol. The van der Waals surface area contributed by atoms with Crippen molar-refractivity contribution in [2.24, 2.45) is 0 Å². The van der Waals surface area contributed by atoms with Crippen molar-refractivity contribution in [3.8, 4) is 0 Å². The molecule has 0 spiro atoms. The van der Waals surface area contributed by atoms with Gasteiger partial charge in [-0.3, -0.25) is 4.79 Å². The Bertz CT molecular complexity index is 315. The molecular weight excluding hydrogens is 154 g/mol. The van der Waals surface area contributed by atoms with Gasteiger partial charge in [0, 0.05) is 12.3 Å². The van der Waals surface area contributed by atoms with Gasteiger partial charge in [0.05, 0.1) is 12.6 Å². The topological polar surface area (TPSA) is 42.2 Å². The molecule has 1 rings (SSSR count). The molecule has 0 saturated carbocycles. The van der Waals surface area contributed by atoms with Gasteiger partial charge >= 0.3 is 0 Å². The average molecular weight is 167 g/mol. The maximum absolute atomic E-state index is 11.2. The van der Waals surface area contributed by atoms with E-state index in [4.69, 9.17) is 5.11 Å². The zero-order chi connectivity index (χ0) is 9.14. The van der Waals surface area contributed by atoms with Gasteiger partial charge in [0.2, 0.25) is 0 Å². The molecule has 1 aromatic heterocycles. The monoisotopic (exact) mass is 167 g/mol. The van der Waals surface area contributed by atoms with Gasteiger partial charge in [-0.15, -0.1) is 0 Å². The molecule has 0 saturated heterocycles. The number of hydrogen-bond donors (Lipinski definition) is 1. The van der Waals surface area contributed by atoms with Gasteiger partial charge in [-0.05, 0) is 19.4 Å². The Morgan fingerprint density at radius 1 is 1.58 bits per heavy atom. The fraction of sp³-hybridized carbons (Fsp3) is 0.444. The van der Waals surface area contributed by atoms with Gasteiger partial charge in [-0.1, -0.05) is 6.07 Å². The highest BCUT2D eigenvalue weighted by molar-refractivity contribution is 5.07. The molecule has 1 heterocycles. The Labute approximate surface area is 71.3 Å². The first kappa shape index (κ1) is 9.00. The summed E-state index contributed by atoms with van der Waals surface area (Å²) >= 11 is 0. The van der Waals surface area contributed by atoms with Crippen molar-refractivity contribution in [1.82, 2.24) is 4.57 Å². The molecule has 0 aliphatic carbocycles. The van der Waals surface area contributed by atoms with Gasteiger partial charge in [0.1, 0.15) is 0 Å². The van der Waals surface area contributed by atoms with Crippen molar-refractivity contribution in [1.29, 1.82) is 0 Å². The van der Waals surface area contributed by atoms with Crippen molar-refractivity contribution < 1.29 is 5.11 Å². The standard InChI is InChI=1S/C9H13NO2/c1-7-3-4-9(12)10(5-7)6-8(2)11/h3-5,8,11H,6H2,1-2H3/t8-/m0/s1. The maximum atomic E-state index is 11.2. The first-order valence-electron chi connectivity index (χ1n) is 3.95. The van der Waals surface area contributed by atoms with E-state index in [1.165, 1.54) is 10.6 Å². The van der Waals surface area contributed by atoms with Crippen LogP contribution in [0.5, 0.6) is 0 Å². The second-order valence-corrected chi connectivity index (χ2v) is 3.05. The zero-order valence-corrected chi connectivity index (χ0v) is 7.32. The summed E-state index contributed by atoms with van der Waals surface area (Å²) in [6, 6.07) is 3.28. The van der Waals surface area contributed by atoms with Crippen LogP contribution in [0.2, 0.25) is 0 Å². The number of aromatic nitrogens is 1. The summed E-state index contributed by atoms with van der Waals surface area (Å²) in [5, 5.41) is 9.06. The van der Waals surface area contributed by atoms with Crippen molar-refractivity contribution >= 4 is 0 Å². The summed E-state index contributed by atoms with van der Waals surface area (Å²) < 4.78 is 1.51. The van der Waals surface area contributed by atoms with Crippen LogP contribution in [0.25, 0.3) is 0 Å². The SMILES string of the molecule is Cc1ccc(=O)n(C[C@H](C)O)c1. The molecule has 0 aromatic carbocycles. The van der Waals surface area contributed by atoms with Crippen molar-refractivity contribution in [2.45, 2.75) is 26.5 Å². The molecule has 12 heavy (non-hydrogen) atoms. The van der Waals surface area contributed by atoms with Crippen molar-refractivity contribution in [3.63, 3.8) is 0 Å². The molecule has 3 heteroatoms. The number of nitrogens with zero attached hydrogens (tertiary/aromatic N) is 1. The summed E-state index contributed by atoms with van der Waals surface area (Å²) in [5.41, 5.74) is 0.955. The van der Waals surface area contributed by atoms with Crippen molar-refractivity contribution in [2.75, 3.05) is 0 Å². The lowest BCUT2D eigenvalue weighted by Crippen LogP contribution is -2.24. The maximum Gasteiger partial charge on any atom is 0.250 e. The van der Waals surface area contributed by atoms with E-state index in [1.807, 2.05) is 6.92 Å². The third-order valence-electron chi connectivity index (χ3n) is 1.59. The Balaban J connectivity index is 2.98. The smallest absolute Gasteiger partial charge is 0.250 e. The number of pyridine rings is 1. The second kappa shape index (κ2) is 3.54. The number of aryl methyl sites for hydroxylation is 1. The van der Waals surface area contributed by atoms with Crippen LogP contribution >= 0.6 is 0 Å². The lowest BCUT2D eigenvalue weighted by atomic mass is 10.3. The van der Waals surface area contributed by atoms with Crippen LogP contribution in [-0.2, 0) is 6.54 Å². The minimum atomic E-state index is -0.482. The van der Waals surface area contributed by atoms with E-state index in [9.17, 15) is 4.79 Å². The summed E-state index contributed by atoms with van der Waals surface area (Å²) in [5.74, 6) is 0. The van der Waals surface area contributed by atoms with Gasteiger partial charge in [-0.25, -0.2) is 0 Å². The molecular formula is C9H13NO2. The Kier molecular flexibility index (Phi) is 2.65. The summed E-state index contributed by atoms with van der Waals surface area (Å²) in [6.45, 7) is 3.94. The van der Waals surface area contributed by atoms with E-state index >= 15 is 0 Å². The molecule has 0 aliphatic heterocycles. The Morgan fingerprint density at radius 3 is 2.83 bits per heavy atom. The van der Waals surface area contributed by atoms with Crippen LogP contribution in [0.1, 0.15) is 12.5 Å². The van der Waals surface area contributed by atoms with Crippen LogP contribution < -0.4 is 5.56 Å². The van der Waals surface area contributed by atoms with Crippen LogP contribution in [0, 0.1) is 6.92 Å². The molecule has 0 fully saturated rings. The minimum Gasteiger partial charge on any atom is -0.392 e. The van der Waals surface area contributed by atoms with Crippen molar-refractivity contribution in [3.05, 3.63) is 34.2 Å². The van der Waals surface area contributed by atoms with E-state index in [0.29, 0.717) is 6.54 Å². The van der Waals surface area contributed by atoms with E-state index < -0.39 is 6.10 Å². The predicted octanol–water partition coefficient (Wildman–Crippen LogP) is 0.538. The van der Waals surface area contributed by atoms with E-state index in [0.717, 1.165) is 5.56 Å².